The van der Waals surface area contributed by atoms with Crippen LogP contribution in [0.2, 0.25) is 0 Å². The molecule has 15 heavy (non-hydrogen) atoms. The Morgan fingerprint density at radius 1 is 1.67 bits per heavy atom. The second kappa shape index (κ2) is 5.10. The van der Waals surface area contributed by atoms with E-state index in [0.29, 0.717) is 12.1 Å². The van der Waals surface area contributed by atoms with Crippen LogP contribution >= 0.6 is 11.3 Å². The number of nitrogens with zero attached hydrogens (tertiary/aromatic N) is 1. The maximum Gasteiger partial charge on any atom is 0.0332 e. The SMILES string of the molecule is CCC1CNCCN1C(C)c1ccsc1. The molecule has 1 aromatic heterocycles. The Hall–Kier alpha value is -0.380. The minimum Gasteiger partial charge on any atom is -0.314 e. The highest BCUT2D eigenvalue weighted by atomic mass is 32.1. The van der Waals surface area contributed by atoms with Crippen LogP contribution in [0.4, 0.5) is 0 Å². The lowest BCUT2D eigenvalue weighted by molar-refractivity contribution is 0.112. The van der Waals surface area contributed by atoms with Crippen LogP contribution in [0.1, 0.15) is 31.9 Å². The zero-order chi connectivity index (χ0) is 10.7. The van der Waals surface area contributed by atoms with E-state index in [1.165, 1.54) is 18.5 Å². The minimum atomic E-state index is 0.572. The summed E-state index contributed by atoms with van der Waals surface area (Å²) in [4.78, 5) is 2.64. The summed E-state index contributed by atoms with van der Waals surface area (Å²) in [5.41, 5.74) is 1.47. The Labute approximate surface area is 96.3 Å². The highest BCUT2D eigenvalue weighted by molar-refractivity contribution is 7.07. The van der Waals surface area contributed by atoms with Crippen LogP contribution in [0.5, 0.6) is 0 Å². The van der Waals surface area contributed by atoms with Crippen LogP contribution in [0, 0.1) is 0 Å². The fraction of sp³-hybridized carbons (Fsp3) is 0.667. The molecule has 0 aromatic carbocycles. The predicted molar refractivity (Wildman–Crippen MR) is 66.4 cm³/mol. The van der Waals surface area contributed by atoms with E-state index < -0.39 is 0 Å². The van der Waals surface area contributed by atoms with Crippen LogP contribution in [-0.4, -0.2) is 30.6 Å². The molecule has 2 atom stereocenters. The summed E-state index contributed by atoms with van der Waals surface area (Å²) in [5, 5.41) is 7.93. The summed E-state index contributed by atoms with van der Waals surface area (Å²) < 4.78 is 0. The zero-order valence-corrected chi connectivity index (χ0v) is 10.4. The lowest BCUT2D eigenvalue weighted by Gasteiger charge is -2.39. The number of thiophene rings is 1. The zero-order valence-electron chi connectivity index (χ0n) is 9.57. The molecule has 1 aliphatic heterocycles. The summed E-state index contributed by atoms with van der Waals surface area (Å²) in [7, 11) is 0. The Bertz CT molecular complexity index is 284. The van der Waals surface area contributed by atoms with Gasteiger partial charge in [-0.2, -0.15) is 11.3 Å². The molecule has 2 heterocycles. The van der Waals surface area contributed by atoms with Gasteiger partial charge in [-0.1, -0.05) is 6.92 Å². The maximum absolute atomic E-state index is 3.48. The fourth-order valence-corrected chi connectivity index (χ4v) is 3.12. The molecule has 0 spiro atoms. The first-order chi connectivity index (χ1) is 7.33. The molecule has 0 bridgehead atoms. The molecule has 3 heteroatoms. The van der Waals surface area contributed by atoms with E-state index in [9.17, 15) is 0 Å². The van der Waals surface area contributed by atoms with E-state index in [1.807, 2.05) is 0 Å². The van der Waals surface area contributed by atoms with Crippen molar-refractivity contribution < 1.29 is 0 Å². The lowest BCUT2D eigenvalue weighted by atomic mass is 10.0. The van der Waals surface area contributed by atoms with Gasteiger partial charge in [-0.25, -0.2) is 0 Å². The van der Waals surface area contributed by atoms with Crippen molar-refractivity contribution in [2.75, 3.05) is 19.6 Å². The van der Waals surface area contributed by atoms with Crippen molar-refractivity contribution in [1.29, 1.82) is 0 Å². The normalized spacial score (nSPS) is 25.3. The van der Waals surface area contributed by atoms with Crippen molar-refractivity contribution in [2.45, 2.75) is 32.4 Å². The Morgan fingerprint density at radius 3 is 3.20 bits per heavy atom. The van der Waals surface area contributed by atoms with Crippen LogP contribution in [-0.2, 0) is 0 Å². The molecule has 0 radical (unpaired) electrons. The summed E-state index contributed by atoms with van der Waals surface area (Å²) in [6, 6.07) is 3.53. The van der Waals surface area contributed by atoms with Gasteiger partial charge in [0.05, 0.1) is 0 Å². The van der Waals surface area contributed by atoms with E-state index in [2.05, 4.69) is 40.9 Å². The summed E-state index contributed by atoms with van der Waals surface area (Å²) in [6.07, 6.45) is 1.24. The van der Waals surface area contributed by atoms with Crippen LogP contribution < -0.4 is 5.32 Å². The molecule has 1 saturated heterocycles. The third kappa shape index (κ3) is 2.41. The van der Waals surface area contributed by atoms with Crippen molar-refractivity contribution in [3.8, 4) is 0 Å². The van der Waals surface area contributed by atoms with Crippen molar-refractivity contribution in [2.24, 2.45) is 0 Å². The second-order valence-electron chi connectivity index (χ2n) is 4.24. The topological polar surface area (TPSA) is 15.3 Å². The van der Waals surface area contributed by atoms with Crippen molar-refractivity contribution in [1.82, 2.24) is 10.2 Å². The second-order valence-corrected chi connectivity index (χ2v) is 5.02. The van der Waals surface area contributed by atoms with Gasteiger partial charge in [0.2, 0.25) is 0 Å². The Morgan fingerprint density at radius 2 is 2.53 bits per heavy atom. The smallest absolute Gasteiger partial charge is 0.0332 e. The highest BCUT2D eigenvalue weighted by Crippen LogP contribution is 2.25. The largest absolute Gasteiger partial charge is 0.314 e. The third-order valence-electron chi connectivity index (χ3n) is 3.39. The summed E-state index contributed by atoms with van der Waals surface area (Å²) in [5.74, 6) is 0. The van der Waals surface area contributed by atoms with E-state index >= 15 is 0 Å². The van der Waals surface area contributed by atoms with Gasteiger partial charge in [0, 0.05) is 31.7 Å². The molecule has 0 amide bonds. The molecule has 2 unspecified atom stereocenters. The standard InChI is InChI=1S/C12H20N2S/c1-3-12-8-13-5-6-14(12)10(2)11-4-7-15-9-11/h4,7,9-10,12-13H,3,5-6,8H2,1-2H3. The minimum absolute atomic E-state index is 0.572. The molecule has 1 N–H and O–H groups in total. The summed E-state index contributed by atoms with van der Waals surface area (Å²) in [6.45, 7) is 8.06. The highest BCUT2D eigenvalue weighted by Gasteiger charge is 2.25. The lowest BCUT2D eigenvalue weighted by Crippen LogP contribution is -2.51. The number of piperazine rings is 1. The van der Waals surface area contributed by atoms with E-state index in [0.717, 1.165) is 13.1 Å². The molecular weight excluding hydrogens is 204 g/mol. The van der Waals surface area contributed by atoms with Gasteiger partial charge in [0.1, 0.15) is 0 Å². The number of hydrogen-bond acceptors (Lipinski definition) is 3. The van der Waals surface area contributed by atoms with Gasteiger partial charge in [-0.05, 0) is 35.7 Å². The molecule has 1 aromatic rings. The summed E-state index contributed by atoms with van der Waals surface area (Å²) >= 11 is 1.80. The van der Waals surface area contributed by atoms with Gasteiger partial charge < -0.3 is 5.32 Å². The average molecular weight is 224 g/mol. The van der Waals surface area contributed by atoms with Crippen LogP contribution in [0.15, 0.2) is 16.8 Å². The first kappa shape index (κ1) is 11.1. The molecule has 84 valence electrons. The van der Waals surface area contributed by atoms with Gasteiger partial charge in [-0.3, -0.25) is 4.90 Å². The van der Waals surface area contributed by atoms with Gasteiger partial charge in [0.15, 0.2) is 0 Å². The molecule has 2 nitrogen and oxygen atoms in total. The maximum atomic E-state index is 3.48. The monoisotopic (exact) mass is 224 g/mol. The van der Waals surface area contributed by atoms with Gasteiger partial charge in [-0.15, -0.1) is 0 Å². The predicted octanol–water partition coefficient (Wildman–Crippen LogP) is 2.49. The number of rotatable bonds is 3. The van der Waals surface area contributed by atoms with E-state index in [1.54, 1.807) is 11.3 Å². The van der Waals surface area contributed by atoms with Crippen molar-refractivity contribution in [3.63, 3.8) is 0 Å². The first-order valence-electron chi connectivity index (χ1n) is 5.81. The van der Waals surface area contributed by atoms with E-state index in [4.69, 9.17) is 0 Å². The third-order valence-corrected chi connectivity index (χ3v) is 4.09. The van der Waals surface area contributed by atoms with Gasteiger partial charge >= 0.3 is 0 Å². The average Bonchev–Trinajstić information content (AvgIpc) is 2.81. The van der Waals surface area contributed by atoms with Crippen LogP contribution in [0.25, 0.3) is 0 Å². The fourth-order valence-electron chi connectivity index (χ4n) is 2.37. The molecule has 0 saturated carbocycles. The first-order valence-corrected chi connectivity index (χ1v) is 6.75. The Kier molecular flexibility index (Phi) is 3.78. The number of hydrogen-bond donors (Lipinski definition) is 1. The molecule has 1 fully saturated rings. The van der Waals surface area contributed by atoms with Crippen molar-refractivity contribution in [3.05, 3.63) is 22.4 Å². The van der Waals surface area contributed by atoms with Gasteiger partial charge in [0.25, 0.3) is 0 Å². The molecule has 1 aliphatic rings. The quantitative estimate of drug-likeness (QED) is 0.848. The van der Waals surface area contributed by atoms with Crippen molar-refractivity contribution >= 4 is 11.3 Å². The molecule has 2 rings (SSSR count). The van der Waals surface area contributed by atoms with Crippen LogP contribution in [0.3, 0.4) is 0 Å². The van der Waals surface area contributed by atoms with E-state index in [-0.39, 0.29) is 0 Å². The Balaban J connectivity index is 2.07. The number of nitrogens with one attached hydrogen (secondary N) is 1. The molecule has 0 aliphatic carbocycles. The molecular formula is C12H20N2S.